The van der Waals surface area contributed by atoms with Crippen molar-refractivity contribution in [1.29, 1.82) is 0 Å². The summed E-state index contributed by atoms with van der Waals surface area (Å²) in [6, 6.07) is 10.1. The molecule has 0 radical (unpaired) electrons. The van der Waals surface area contributed by atoms with Crippen LogP contribution >= 0.6 is 0 Å². The zero-order valence-electron chi connectivity index (χ0n) is 29.5. The summed E-state index contributed by atoms with van der Waals surface area (Å²) >= 11 is 0. The highest BCUT2D eigenvalue weighted by Crippen LogP contribution is 2.30. The number of hydrogen-bond acceptors (Lipinski definition) is 9. The summed E-state index contributed by atoms with van der Waals surface area (Å²) in [4.78, 5) is 32.7. The highest BCUT2D eigenvalue weighted by atomic mass is 32.2. The molecule has 268 valence electrons. The molecule has 4 atom stereocenters. The van der Waals surface area contributed by atoms with Crippen LogP contribution < -0.4 is 14.2 Å². The minimum absolute atomic E-state index is 0.0354. The first kappa shape index (κ1) is 39.1. The van der Waals surface area contributed by atoms with Gasteiger partial charge in [-0.3, -0.25) is 14.3 Å². The second-order valence-electron chi connectivity index (χ2n) is 13.0. The number of amides is 2. The van der Waals surface area contributed by atoms with Gasteiger partial charge in [0.2, 0.25) is 5.91 Å². The fourth-order valence-electron chi connectivity index (χ4n) is 5.53. The standard InChI is InChI=1S/C35H54N4O8S/c1-25-22-39(26(2)24-40)35(42)31-21-28(36-48(43,44)30-16-14-29(45-7)15-17-30)13-18-32(31)47-27(3)11-8-9-20-46-33(25)23-38(6)34(41)12-10-19-37(4)5/h13-18,21,25-27,33,36,40H,8-12,19-20,22-24H2,1-7H3/t25-,26-,27+,33-/m1/s1. The second-order valence-corrected chi connectivity index (χ2v) is 14.7. The van der Waals surface area contributed by atoms with Crippen LogP contribution in [0.4, 0.5) is 5.69 Å². The van der Waals surface area contributed by atoms with E-state index in [4.69, 9.17) is 14.2 Å². The largest absolute Gasteiger partial charge is 0.497 e. The summed E-state index contributed by atoms with van der Waals surface area (Å²) in [6.45, 7) is 7.29. The van der Waals surface area contributed by atoms with Gasteiger partial charge < -0.3 is 34.0 Å². The average Bonchev–Trinajstić information content (AvgIpc) is 3.05. The molecule has 1 aliphatic heterocycles. The van der Waals surface area contributed by atoms with Crippen LogP contribution in [0.1, 0.15) is 63.2 Å². The summed E-state index contributed by atoms with van der Waals surface area (Å²) in [5, 5.41) is 10.2. The fraction of sp³-hybridized carbons (Fsp3) is 0.600. The van der Waals surface area contributed by atoms with E-state index < -0.39 is 22.0 Å². The van der Waals surface area contributed by atoms with Crippen LogP contribution in [0.25, 0.3) is 0 Å². The molecule has 0 unspecified atom stereocenters. The molecular formula is C35H54N4O8S. The molecule has 0 fully saturated rings. The van der Waals surface area contributed by atoms with Crippen LogP contribution in [0.5, 0.6) is 11.5 Å². The van der Waals surface area contributed by atoms with Crippen molar-refractivity contribution in [3.8, 4) is 11.5 Å². The highest BCUT2D eigenvalue weighted by molar-refractivity contribution is 7.92. The molecular weight excluding hydrogens is 636 g/mol. The van der Waals surface area contributed by atoms with Crippen LogP contribution in [0.15, 0.2) is 47.4 Å². The SMILES string of the molecule is COc1ccc(S(=O)(=O)Nc2ccc3c(c2)C(=O)N([C@H](C)CO)C[C@@H](C)[C@@H](CN(C)C(=O)CCCN(C)C)OCCCC[C@H](C)O3)cc1. The molecule has 1 heterocycles. The second kappa shape index (κ2) is 18.4. The molecule has 2 aromatic rings. The lowest BCUT2D eigenvalue weighted by molar-refractivity contribution is -0.132. The third-order valence-electron chi connectivity index (χ3n) is 8.55. The number of methoxy groups -OCH3 is 1. The number of nitrogens with zero attached hydrogens (tertiary/aromatic N) is 3. The first-order valence-electron chi connectivity index (χ1n) is 16.6. The number of aliphatic hydroxyl groups is 1. The van der Waals surface area contributed by atoms with Crippen LogP contribution in [0.3, 0.4) is 0 Å². The Hall–Kier alpha value is -3.39. The summed E-state index contributed by atoms with van der Waals surface area (Å²) in [5.41, 5.74) is 0.363. The number of anilines is 1. The maximum atomic E-state index is 14.4. The molecule has 3 rings (SSSR count). The lowest BCUT2D eigenvalue weighted by Gasteiger charge is -2.36. The molecule has 2 aromatic carbocycles. The van der Waals surface area contributed by atoms with E-state index in [2.05, 4.69) is 4.72 Å². The number of benzene rings is 2. The predicted molar refractivity (Wildman–Crippen MR) is 186 cm³/mol. The topological polar surface area (TPSA) is 138 Å². The molecule has 0 bridgehead atoms. The van der Waals surface area contributed by atoms with E-state index in [0.717, 1.165) is 25.8 Å². The molecule has 0 aromatic heterocycles. The Morgan fingerprint density at radius 1 is 1.12 bits per heavy atom. The van der Waals surface area contributed by atoms with Crippen molar-refractivity contribution in [1.82, 2.24) is 14.7 Å². The first-order chi connectivity index (χ1) is 22.7. The van der Waals surface area contributed by atoms with E-state index in [0.29, 0.717) is 37.5 Å². The van der Waals surface area contributed by atoms with E-state index in [-0.39, 0.29) is 53.3 Å². The Balaban J connectivity index is 1.93. The number of fused-ring (bicyclic) bond motifs is 1. The molecule has 0 saturated carbocycles. The maximum absolute atomic E-state index is 14.4. The molecule has 13 heteroatoms. The lowest BCUT2D eigenvalue weighted by atomic mass is 10.0. The van der Waals surface area contributed by atoms with Crippen molar-refractivity contribution in [3.05, 3.63) is 48.0 Å². The number of carbonyl (C=O) groups excluding carboxylic acids is 2. The van der Waals surface area contributed by atoms with Crippen LogP contribution in [0, 0.1) is 5.92 Å². The highest BCUT2D eigenvalue weighted by Gasteiger charge is 2.31. The average molecular weight is 691 g/mol. The molecule has 12 nitrogen and oxygen atoms in total. The van der Waals surface area contributed by atoms with Gasteiger partial charge in [-0.1, -0.05) is 6.92 Å². The van der Waals surface area contributed by atoms with E-state index >= 15 is 0 Å². The normalized spacial score (nSPS) is 20.3. The van der Waals surface area contributed by atoms with Crippen LogP contribution in [-0.4, -0.2) is 119 Å². The van der Waals surface area contributed by atoms with Gasteiger partial charge in [0, 0.05) is 44.8 Å². The molecule has 48 heavy (non-hydrogen) atoms. The zero-order chi connectivity index (χ0) is 35.4. The third kappa shape index (κ3) is 11.4. The van der Waals surface area contributed by atoms with E-state index in [9.17, 15) is 23.1 Å². The summed E-state index contributed by atoms with van der Waals surface area (Å²) < 4.78 is 46.8. The minimum atomic E-state index is -3.98. The van der Waals surface area contributed by atoms with Crippen molar-refractivity contribution in [2.45, 2.75) is 76.0 Å². The van der Waals surface area contributed by atoms with Gasteiger partial charge in [0.1, 0.15) is 11.5 Å². The van der Waals surface area contributed by atoms with Gasteiger partial charge in [-0.15, -0.1) is 0 Å². The van der Waals surface area contributed by atoms with Crippen molar-refractivity contribution >= 4 is 27.5 Å². The number of likely N-dealkylation sites (N-methyl/N-ethyl adjacent to an activating group) is 1. The maximum Gasteiger partial charge on any atom is 0.261 e. The van der Waals surface area contributed by atoms with E-state index in [1.54, 1.807) is 48.0 Å². The van der Waals surface area contributed by atoms with Gasteiger partial charge in [-0.2, -0.15) is 0 Å². The van der Waals surface area contributed by atoms with Gasteiger partial charge >= 0.3 is 0 Å². The zero-order valence-corrected chi connectivity index (χ0v) is 30.3. The predicted octanol–water partition coefficient (Wildman–Crippen LogP) is 4.09. The number of carbonyl (C=O) groups is 2. The fourth-order valence-corrected chi connectivity index (χ4v) is 6.58. The summed E-state index contributed by atoms with van der Waals surface area (Å²) in [5.74, 6) is 0.266. The number of sulfonamides is 1. The monoisotopic (exact) mass is 690 g/mol. The van der Waals surface area contributed by atoms with Crippen molar-refractivity contribution in [2.75, 3.05) is 65.8 Å². The van der Waals surface area contributed by atoms with Crippen LogP contribution in [0.2, 0.25) is 0 Å². The Kier molecular flexibility index (Phi) is 15.0. The van der Waals surface area contributed by atoms with E-state index in [1.807, 2.05) is 32.8 Å². The van der Waals surface area contributed by atoms with Crippen LogP contribution in [-0.2, 0) is 19.6 Å². The minimum Gasteiger partial charge on any atom is -0.497 e. The quantitative estimate of drug-likeness (QED) is 0.337. The number of rotatable bonds is 12. The first-order valence-corrected chi connectivity index (χ1v) is 18.1. The van der Waals surface area contributed by atoms with Gasteiger partial charge in [-0.05, 0) is 103 Å². The third-order valence-corrected chi connectivity index (χ3v) is 9.95. The molecule has 2 N–H and O–H groups in total. The smallest absolute Gasteiger partial charge is 0.261 e. The van der Waals surface area contributed by atoms with Gasteiger partial charge in [0.15, 0.2) is 0 Å². The van der Waals surface area contributed by atoms with Gasteiger partial charge in [0.05, 0.1) is 42.4 Å². The number of hydrogen-bond donors (Lipinski definition) is 2. The lowest BCUT2D eigenvalue weighted by Crippen LogP contribution is -2.48. The Morgan fingerprint density at radius 3 is 2.48 bits per heavy atom. The van der Waals surface area contributed by atoms with Gasteiger partial charge in [-0.25, -0.2) is 8.42 Å². The van der Waals surface area contributed by atoms with Crippen molar-refractivity contribution in [3.63, 3.8) is 0 Å². The summed E-state index contributed by atoms with van der Waals surface area (Å²) in [7, 11) is 3.25. The Bertz CT molecular complexity index is 1440. The van der Waals surface area contributed by atoms with Crippen molar-refractivity contribution < 1.29 is 37.3 Å². The summed E-state index contributed by atoms with van der Waals surface area (Å²) in [6.07, 6.45) is 2.94. The number of ether oxygens (including phenoxy) is 3. The van der Waals surface area contributed by atoms with E-state index in [1.165, 1.54) is 25.3 Å². The Labute approximate surface area is 286 Å². The molecule has 2 amide bonds. The van der Waals surface area contributed by atoms with Crippen molar-refractivity contribution in [2.24, 2.45) is 5.92 Å². The molecule has 0 aliphatic carbocycles. The number of aliphatic hydroxyl groups excluding tert-OH is 1. The number of nitrogens with one attached hydrogen (secondary N) is 1. The molecule has 0 saturated heterocycles. The molecule has 0 spiro atoms. The molecule has 1 aliphatic rings. The Morgan fingerprint density at radius 2 is 1.83 bits per heavy atom. The van der Waals surface area contributed by atoms with Gasteiger partial charge in [0.25, 0.3) is 15.9 Å².